The molecule has 1 aromatic heterocycles. The third-order valence-corrected chi connectivity index (χ3v) is 7.75. The molecule has 1 unspecified atom stereocenters. The number of nitrogens with one attached hydrogen (secondary N) is 2. The van der Waals surface area contributed by atoms with Gasteiger partial charge in [0.15, 0.2) is 10.9 Å². The molecule has 0 saturated carbocycles. The van der Waals surface area contributed by atoms with Gasteiger partial charge in [0.25, 0.3) is 11.2 Å². The van der Waals surface area contributed by atoms with Crippen LogP contribution in [0.5, 0.6) is 0 Å². The van der Waals surface area contributed by atoms with E-state index in [2.05, 4.69) is 10.3 Å². The molecule has 5 rings (SSSR count). The van der Waals surface area contributed by atoms with E-state index in [-0.39, 0.29) is 22.4 Å². The number of aromatic nitrogens is 2. The van der Waals surface area contributed by atoms with Gasteiger partial charge in [0.1, 0.15) is 5.82 Å². The number of fused-ring (bicyclic) bond motifs is 1. The molecule has 0 spiro atoms. The molecule has 0 amide bonds. The van der Waals surface area contributed by atoms with Crippen LogP contribution in [0.2, 0.25) is 5.02 Å². The topological polar surface area (TPSA) is 118 Å². The lowest BCUT2D eigenvalue weighted by Crippen LogP contribution is -2.37. The third-order valence-electron chi connectivity index (χ3n) is 6.46. The molecule has 2 N–H and O–H groups in total. The van der Waals surface area contributed by atoms with E-state index in [1.165, 1.54) is 23.9 Å². The molecule has 0 radical (unpaired) electrons. The first-order chi connectivity index (χ1) is 17.1. The highest BCUT2D eigenvalue weighted by atomic mass is 35.5. The fourth-order valence-corrected chi connectivity index (χ4v) is 5.99. The molecule has 2 aliphatic rings. The summed E-state index contributed by atoms with van der Waals surface area (Å²) in [6, 6.07) is 13.5. The van der Waals surface area contributed by atoms with E-state index in [1.807, 2.05) is 38.1 Å². The molecule has 184 valence electrons. The number of H-pyrrole nitrogens is 1. The molecular weight excluding hydrogens is 500 g/mol. The number of non-ortho nitro benzene ring substituents is 1. The molecule has 8 nitrogen and oxygen atoms in total. The molecule has 2 heterocycles. The molecule has 0 bridgehead atoms. The Balaban J connectivity index is 1.59. The summed E-state index contributed by atoms with van der Waals surface area (Å²) in [5.41, 5.74) is 2.49. The summed E-state index contributed by atoms with van der Waals surface area (Å²) in [6.45, 7) is 4.06. The molecular formula is C26H23ClN4O4S. The largest absolute Gasteiger partial charge is 0.343 e. The van der Waals surface area contributed by atoms with Crippen molar-refractivity contribution in [2.75, 3.05) is 5.32 Å². The Labute approximate surface area is 216 Å². The number of aromatic amines is 1. The van der Waals surface area contributed by atoms with Crippen molar-refractivity contribution in [3.63, 3.8) is 0 Å². The second-order valence-electron chi connectivity index (χ2n) is 9.75. The Bertz CT molecular complexity index is 1480. The lowest BCUT2D eigenvalue weighted by molar-refractivity contribution is -0.384. The first-order valence-corrected chi connectivity index (χ1v) is 12.8. The molecule has 2 aromatic carbocycles. The molecule has 3 aromatic rings. The van der Waals surface area contributed by atoms with Gasteiger partial charge in [-0.25, -0.2) is 4.98 Å². The maximum absolute atomic E-state index is 13.4. The van der Waals surface area contributed by atoms with Gasteiger partial charge in [-0.2, -0.15) is 0 Å². The van der Waals surface area contributed by atoms with Crippen LogP contribution in [-0.4, -0.2) is 20.7 Å². The second-order valence-corrected chi connectivity index (χ2v) is 11.1. The van der Waals surface area contributed by atoms with Gasteiger partial charge in [0.05, 0.1) is 10.5 Å². The summed E-state index contributed by atoms with van der Waals surface area (Å²) in [7, 11) is 0. The number of hydrogen-bond donors (Lipinski definition) is 2. The van der Waals surface area contributed by atoms with Crippen molar-refractivity contribution in [3.05, 3.63) is 102 Å². The number of carbonyl (C=O) groups excluding carboxylic acids is 1. The Kier molecular flexibility index (Phi) is 6.22. The number of anilines is 1. The monoisotopic (exact) mass is 522 g/mol. The lowest BCUT2D eigenvalue weighted by Gasteiger charge is -2.38. The van der Waals surface area contributed by atoms with Gasteiger partial charge >= 0.3 is 0 Å². The average Bonchev–Trinajstić information content (AvgIpc) is 2.81. The quantitative estimate of drug-likeness (QED) is 0.187. The van der Waals surface area contributed by atoms with Crippen LogP contribution in [0.15, 0.2) is 69.8 Å². The first kappa shape index (κ1) is 24.3. The van der Waals surface area contributed by atoms with Crippen molar-refractivity contribution in [2.45, 2.75) is 43.5 Å². The van der Waals surface area contributed by atoms with Crippen LogP contribution < -0.4 is 10.9 Å². The number of hydrogen-bond acceptors (Lipinski definition) is 7. The summed E-state index contributed by atoms with van der Waals surface area (Å²) in [6.07, 6.45) is 0.969. The third kappa shape index (κ3) is 4.56. The zero-order valence-corrected chi connectivity index (χ0v) is 21.2. The highest BCUT2D eigenvalue weighted by Gasteiger charge is 2.42. The van der Waals surface area contributed by atoms with Crippen LogP contribution in [0.4, 0.5) is 11.5 Å². The van der Waals surface area contributed by atoms with Gasteiger partial charge < -0.3 is 10.3 Å². The number of ketones is 1. The number of carbonyl (C=O) groups is 1. The number of nitro groups is 1. The van der Waals surface area contributed by atoms with E-state index in [1.54, 1.807) is 12.1 Å². The number of nitrogens with zero attached hydrogens (tertiary/aromatic N) is 2. The molecule has 36 heavy (non-hydrogen) atoms. The summed E-state index contributed by atoms with van der Waals surface area (Å²) < 4.78 is 0. The number of nitro benzene ring substituents is 1. The highest BCUT2D eigenvalue weighted by molar-refractivity contribution is 7.98. The predicted molar refractivity (Wildman–Crippen MR) is 139 cm³/mol. The maximum Gasteiger partial charge on any atom is 0.269 e. The SMILES string of the molecule is CC1(C)CC(=O)C2=C(C1)Nc1nc(SCc3ccccc3Cl)[nH]c(=O)c1C2c1ccc([N+](=O)[O-])cc1. The standard InChI is InChI=1S/C26H23ClN4O4S/c1-26(2)11-18-21(19(32)12-26)20(14-7-9-16(10-8-14)31(34)35)22-23(28-18)29-25(30-24(22)33)36-13-15-5-3-4-6-17(15)27/h3-10,20H,11-13H2,1-2H3,(H2,28,29,30,33). The van der Waals surface area contributed by atoms with Gasteiger partial charge in [-0.1, -0.05) is 67.5 Å². The van der Waals surface area contributed by atoms with Crippen LogP contribution in [0.1, 0.15) is 49.3 Å². The fraction of sp³-hybridized carbons (Fsp3) is 0.269. The van der Waals surface area contributed by atoms with Crippen molar-refractivity contribution in [1.29, 1.82) is 0 Å². The van der Waals surface area contributed by atoms with Crippen LogP contribution in [-0.2, 0) is 10.5 Å². The van der Waals surface area contributed by atoms with Crippen molar-refractivity contribution in [1.82, 2.24) is 9.97 Å². The number of Topliss-reactive ketones (excluding diaryl/α,β-unsaturated/α-hetero) is 1. The number of allylic oxidation sites excluding steroid dienone is 2. The van der Waals surface area contributed by atoms with Crippen LogP contribution >= 0.6 is 23.4 Å². The van der Waals surface area contributed by atoms with E-state index in [9.17, 15) is 19.7 Å². The number of thioether (sulfide) groups is 1. The van der Waals surface area contributed by atoms with E-state index < -0.39 is 10.8 Å². The minimum absolute atomic E-state index is 0.0423. The zero-order valence-electron chi connectivity index (χ0n) is 19.6. The van der Waals surface area contributed by atoms with E-state index in [0.717, 1.165) is 11.3 Å². The van der Waals surface area contributed by atoms with Crippen molar-refractivity contribution >= 4 is 40.7 Å². The Morgan fingerprint density at radius 3 is 2.56 bits per heavy atom. The summed E-state index contributed by atoms with van der Waals surface area (Å²) in [5.74, 6) is 0.207. The van der Waals surface area contributed by atoms with Crippen molar-refractivity contribution < 1.29 is 9.72 Å². The van der Waals surface area contributed by atoms with Gasteiger partial charge in [-0.15, -0.1) is 0 Å². The summed E-state index contributed by atoms with van der Waals surface area (Å²) >= 11 is 7.63. The summed E-state index contributed by atoms with van der Waals surface area (Å²) in [5, 5.41) is 15.5. The molecule has 0 saturated heterocycles. The fourth-order valence-electron chi connectivity index (χ4n) is 4.85. The maximum atomic E-state index is 13.4. The molecule has 1 aliphatic heterocycles. The number of rotatable bonds is 5. The minimum Gasteiger partial charge on any atom is -0.343 e. The highest BCUT2D eigenvalue weighted by Crippen LogP contribution is 2.47. The Morgan fingerprint density at radius 1 is 1.14 bits per heavy atom. The molecule has 1 atom stereocenters. The first-order valence-electron chi connectivity index (χ1n) is 11.4. The van der Waals surface area contributed by atoms with Crippen LogP contribution in [0.25, 0.3) is 0 Å². The van der Waals surface area contributed by atoms with E-state index in [4.69, 9.17) is 16.6 Å². The molecule has 0 fully saturated rings. The van der Waals surface area contributed by atoms with Gasteiger partial charge in [-0.05, 0) is 29.0 Å². The lowest BCUT2D eigenvalue weighted by atomic mass is 9.69. The smallest absolute Gasteiger partial charge is 0.269 e. The normalized spacial score (nSPS) is 18.3. The second kappa shape index (κ2) is 9.22. The van der Waals surface area contributed by atoms with E-state index >= 15 is 0 Å². The molecule has 1 aliphatic carbocycles. The minimum atomic E-state index is -0.667. The van der Waals surface area contributed by atoms with Gasteiger partial charge in [0, 0.05) is 46.5 Å². The van der Waals surface area contributed by atoms with Crippen molar-refractivity contribution in [2.24, 2.45) is 5.41 Å². The number of benzene rings is 2. The predicted octanol–water partition coefficient (Wildman–Crippen LogP) is 5.82. The molecule has 10 heteroatoms. The van der Waals surface area contributed by atoms with Gasteiger partial charge in [0.2, 0.25) is 0 Å². The van der Waals surface area contributed by atoms with E-state index in [0.29, 0.717) is 51.3 Å². The Morgan fingerprint density at radius 2 is 1.86 bits per heavy atom. The Hall–Kier alpha value is -3.43. The van der Waals surface area contributed by atoms with Crippen LogP contribution in [0, 0.1) is 15.5 Å². The van der Waals surface area contributed by atoms with Crippen LogP contribution in [0.3, 0.4) is 0 Å². The average molecular weight is 523 g/mol. The summed E-state index contributed by atoms with van der Waals surface area (Å²) in [4.78, 5) is 45.0. The number of halogens is 1. The van der Waals surface area contributed by atoms with Crippen molar-refractivity contribution in [3.8, 4) is 0 Å². The van der Waals surface area contributed by atoms with Gasteiger partial charge in [-0.3, -0.25) is 19.7 Å². The zero-order chi connectivity index (χ0) is 25.6.